The second-order valence-corrected chi connectivity index (χ2v) is 6.24. The van der Waals surface area contributed by atoms with E-state index < -0.39 is 19.0 Å². The van der Waals surface area contributed by atoms with E-state index in [4.69, 9.17) is 13.6 Å². The largest absolute Gasteiger partial charge is 0.526 e. The summed E-state index contributed by atoms with van der Waals surface area (Å²) < 4.78 is 44.5. The maximum absolute atomic E-state index is 12.5. The molecule has 0 fully saturated rings. The second-order valence-electron chi connectivity index (χ2n) is 3.65. The average molecular weight is 313 g/mol. The van der Waals surface area contributed by atoms with Crippen molar-refractivity contribution in [2.75, 3.05) is 0 Å². The summed E-state index contributed by atoms with van der Waals surface area (Å²) in [4.78, 5) is 0. The topological polar surface area (TPSA) is 84.9 Å². The van der Waals surface area contributed by atoms with Gasteiger partial charge in [0.25, 0.3) is 0 Å². The normalized spacial score (nSPS) is 12.7. The minimum atomic E-state index is -4.02. The molecule has 0 bridgehead atoms. The molecule has 0 amide bonds. The van der Waals surface area contributed by atoms with Gasteiger partial charge in [0, 0.05) is 0 Å². The van der Waals surface area contributed by atoms with Gasteiger partial charge < -0.3 is 9.05 Å². The Morgan fingerprint density at radius 2 is 1.30 bits per heavy atom. The summed E-state index contributed by atoms with van der Waals surface area (Å²) in [5.74, 6) is 0.509. The molecule has 0 aliphatic carbocycles. The molecule has 8 heteroatoms. The van der Waals surface area contributed by atoms with E-state index in [1.807, 2.05) is 4.49 Å². The van der Waals surface area contributed by atoms with Gasteiger partial charge in [0.2, 0.25) is 11.3 Å². The minimum Gasteiger partial charge on any atom is -0.404 e. The van der Waals surface area contributed by atoms with E-state index in [0.717, 1.165) is 0 Å². The summed E-state index contributed by atoms with van der Waals surface area (Å²) >= 11 is -2.55. The standard InChI is InChI=1S/C12H12NO5PS/c14-19(13-20(15)16,17-11-7-3-1-4-8-11)18-12-9-5-2-6-10-12/h1-10H,(H,13,14)(H,15,16). The van der Waals surface area contributed by atoms with Crippen molar-refractivity contribution in [2.24, 2.45) is 0 Å². The minimum absolute atomic E-state index is 0.254. The molecule has 0 spiro atoms. The van der Waals surface area contributed by atoms with Gasteiger partial charge in [0.05, 0.1) is 0 Å². The van der Waals surface area contributed by atoms with Crippen molar-refractivity contribution in [3.8, 4) is 11.5 Å². The number of nitrogens with one attached hydrogen (secondary N) is 1. The summed E-state index contributed by atoms with van der Waals surface area (Å²) in [5.41, 5.74) is 0. The molecule has 1 unspecified atom stereocenters. The monoisotopic (exact) mass is 313 g/mol. The molecule has 0 aliphatic rings. The average Bonchev–Trinajstić information content (AvgIpc) is 2.39. The molecule has 0 aromatic heterocycles. The number of hydrogen-bond donors (Lipinski definition) is 2. The third-order valence-corrected chi connectivity index (χ3v) is 4.55. The van der Waals surface area contributed by atoms with Crippen LogP contribution in [0.1, 0.15) is 0 Å². The highest BCUT2D eigenvalue weighted by atomic mass is 32.2. The third kappa shape index (κ3) is 4.47. The molecular weight excluding hydrogens is 301 g/mol. The van der Waals surface area contributed by atoms with Crippen LogP contribution in [0.2, 0.25) is 0 Å². The molecule has 0 radical (unpaired) electrons. The van der Waals surface area contributed by atoms with Gasteiger partial charge in [-0.05, 0) is 24.3 Å². The molecular formula is C12H12NO5PS. The Bertz CT molecular complexity index is 577. The van der Waals surface area contributed by atoms with Gasteiger partial charge in [-0.25, -0.2) is 8.77 Å². The first-order chi connectivity index (χ1) is 9.57. The lowest BCUT2D eigenvalue weighted by molar-refractivity contribution is 0.380. The molecule has 20 heavy (non-hydrogen) atoms. The Morgan fingerprint density at radius 3 is 1.65 bits per heavy atom. The van der Waals surface area contributed by atoms with E-state index >= 15 is 0 Å². The smallest absolute Gasteiger partial charge is 0.404 e. The molecule has 2 N–H and O–H groups in total. The molecule has 0 aliphatic heterocycles. The van der Waals surface area contributed by atoms with Crippen molar-refractivity contribution in [3.63, 3.8) is 0 Å². The second kappa shape index (κ2) is 6.67. The van der Waals surface area contributed by atoms with E-state index in [9.17, 15) is 8.77 Å². The fourth-order valence-electron chi connectivity index (χ4n) is 1.39. The van der Waals surface area contributed by atoms with Gasteiger partial charge in [0.1, 0.15) is 11.5 Å². The Balaban J connectivity index is 2.21. The zero-order valence-corrected chi connectivity index (χ0v) is 11.9. The SMILES string of the molecule is O=S(O)NP(=O)(Oc1ccccc1)Oc1ccccc1. The quantitative estimate of drug-likeness (QED) is 0.632. The molecule has 0 heterocycles. The number of para-hydroxylation sites is 2. The zero-order chi connectivity index (χ0) is 14.4. The Hall–Kier alpha value is -1.66. The highest BCUT2D eigenvalue weighted by Crippen LogP contribution is 2.44. The molecule has 2 rings (SSSR count). The van der Waals surface area contributed by atoms with E-state index in [-0.39, 0.29) is 11.5 Å². The zero-order valence-electron chi connectivity index (χ0n) is 10.2. The lowest BCUT2D eigenvalue weighted by atomic mass is 10.3. The number of rotatable bonds is 6. The maximum atomic E-state index is 12.5. The van der Waals surface area contributed by atoms with E-state index in [1.165, 1.54) is 0 Å². The molecule has 6 nitrogen and oxygen atoms in total. The van der Waals surface area contributed by atoms with E-state index in [0.29, 0.717) is 0 Å². The molecule has 2 aromatic carbocycles. The van der Waals surface area contributed by atoms with Crippen LogP contribution in [0.5, 0.6) is 11.5 Å². The number of benzene rings is 2. The maximum Gasteiger partial charge on any atom is 0.526 e. The Labute approximate surface area is 118 Å². The number of hydrogen-bond acceptors (Lipinski definition) is 4. The van der Waals surface area contributed by atoms with Crippen LogP contribution in [0.3, 0.4) is 0 Å². The Kier molecular flexibility index (Phi) is 4.92. The molecule has 0 saturated heterocycles. The van der Waals surface area contributed by atoms with Crippen molar-refractivity contribution in [3.05, 3.63) is 60.7 Å². The van der Waals surface area contributed by atoms with Crippen molar-refractivity contribution in [1.29, 1.82) is 0 Å². The van der Waals surface area contributed by atoms with Crippen LogP contribution in [-0.2, 0) is 15.8 Å². The molecule has 106 valence electrons. The van der Waals surface area contributed by atoms with Crippen LogP contribution in [0.15, 0.2) is 60.7 Å². The van der Waals surface area contributed by atoms with Gasteiger partial charge in [-0.15, -0.1) is 0 Å². The van der Waals surface area contributed by atoms with E-state index in [1.54, 1.807) is 60.7 Å². The summed E-state index contributed by atoms with van der Waals surface area (Å²) in [6, 6.07) is 16.5. The molecule has 0 saturated carbocycles. The predicted molar refractivity (Wildman–Crippen MR) is 75.7 cm³/mol. The molecule has 2 aromatic rings. The first-order valence-corrected chi connectivity index (χ1v) is 8.20. The van der Waals surface area contributed by atoms with Crippen LogP contribution in [-0.4, -0.2) is 8.76 Å². The van der Waals surface area contributed by atoms with Crippen molar-refractivity contribution >= 4 is 19.0 Å². The van der Waals surface area contributed by atoms with Gasteiger partial charge in [-0.1, -0.05) is 40.9 Å². The third-order valence-electron chi connectivity index (χ3n) is 2.13. The van der Waals surface area contributed by atoms with Crippen molar-refractivity contribution < 1.29 is 22.4 Å². The highest BCUT2D eigenvalue weighted by molar-refractivity contribution is 7.84. The molecule has 1 atom stereocenters. The van der Waals surface area contributed by atoms with Gasteiger partial charge in [-0.2, -0.15) is 0 Å². The summed E-state index contributed by atoms with van der Waals surface area (Å²) in [7, 11) is -4.02. The summed E-state index contributed by atoms with van der Waals surface area (Å²) in [6.45, 7) is 0. The van der Waals surface area contributed by atoms with Crippen LogP contribution in [0.25, 0.3) is 0 Å². The van der Waals surface area contributed by atoms with Crippen LogP contribution in [0.4, 0.5) is 0 Å². The van der Waals surface area contributed by atoms with Crippen LogP contribution in [0, 0.1) is 0 Å². The highest BCUT2D eigenvalue weighted by Gasteiger charge is 2.30. The predicted octanol–water partition coefficient (Wildman–Crippen LogP) is 2.98. The first kappa shape index (κ1) is 14.7. The van der Waals surface area contributed by atoms with Gasteiger partial charge in [-0.3, -0.25) is 4.55 Å². The van der Waals surface area contributed by atoms with Crippen molar-refractivity contribution in [1.82, 2.24) is 4.49 Å². The summed E-state index contributed by atoms with van der Waals surface area (Å²) in [6.07, 6.45) is 0. The fraction of sp³-hybridized carbons (Fsp3) is 0. The van der Waals surface area contributed by atoms with Crippen LogP contribution < -0.4 is 13.5 Å². The lowest BCUT2D eigenvalue weighted by Crippen LogP contribution is -2.20. The van der Waals surface area contributed by atoms with Crippen LogP contribution >= 0.6 is 7.75 Å². The Morgan fingerprint density at radius 1 is 0.900 bits per heavy atom. The van der Waals surface area contributed by atoms with E-state index in [2.05, 4.69) is 0 Å². The van der Waals surface area contributed by atoms with Gasteiger partial charge in [0.15, 0.2) is 0 Å². The summed E-state index contributed by atoms with van der Waals surface area (Å²) in [5, 5.41) is 0. The lowest BCUT2D eigenvalue weighted by Gasteiger charge is -2.18. The fourth-order valence-corrected chi connectivity index (χ4v) is 3.29. The first-order valence-electron chi connectivity index (χ1n) is 5.55. The van der Waals surface area contributed by atoms with Crippen molar-refractivity contribution in [2.45, 2.75) is 0 Å². The van der Waals surface area contributed by atoms with Gasteiger partial charge >= 0.3 is 7.75 Å².